The zero-order valence-corrected chi connectivity index (χ0v) is 12.3. The summed E-state index contributed by atoms with van der Waals surface area (Å²) in [6.45, 7) is 0. The zero-order chi connectivity index (χ0) is 15.0. The number of hydrogen-bond acceptors (Lipinski definition) is 2. The first-order valence-electron chi connectivity index (χ1n) is 6.49. The van der Waals surface area contributed by atoms with Crippen molar-refractivity contribution in [3.05, 3.63) is 60.7 Å². The Kier molecular flexibility index (Phi) is 3.27. The third kappa shape index (κ3) is 2.68. The molecule has 0 atom stereocenters. The highest BCUT2D eigenvalue weighted by Gasteiger charge is 2.19. The van der Waals surface area contributed by atoms with E-state index in [1.807, 2.05) is 0 Å². The van der Waals surface area contributed by atoms with Gasteiger partial charge in [-0.3, -0.25) is 4.55 Å². The van der Waals surface area contributed by atoms with Crippen molar-refractivity contribution in [3.8, 4) is 22.3 Å². The zero-order valence-electron chi connectivity index (χ0n) is 11.4. The number of rotatable bonds is 0. The van der Waals surface area contributed by atoms with Crippen LogP contribution in [-0.4, -0.2) is 19.2 Å². The van der Waals surface area contributed by atoms with Crippen molar-refractivity contribution in [2.45, 2.75) is 0 Å². The van der Waals surface area contributed by atoms with Crippen LogP contribution in [-0.2, 0) is 10.1 Å². The molecule has 0 bridgehead atoms. The van der Waals surface area contributed by atoms with E-state index in [1.165, 1.54) is 33.0 Å². The summed E-state index contributed by atoms with van der Waals surface area (Å²) in [6.07, 6.45) is 0.715. The molecule has 4 rings (SSSR count). The maximum Gasteiger partial charge on any atom is 0.261 e. The molecule has 106 valence electrons. The Hall–Kier alpha value is -2.17. The minimum absolute atomic E-state index is 0.715. The van der Waals surface area contributed by atoms with Crippen molar-refractivity contribution >= 4 is 20.9 Å². The molecule has 4 heteroatoms. The lowest BCUT2D eigenvalue weighted by Gasteiger charge is -2.00. The van der Waals surface area contributed by atoms with Gasteiger partial charge in [-0.2, -0.15) is 8.42 Å². The van der Waals surface area contributed by atoms with Crippen molar-refractivity contribution in [1.82, 2.24) is 0 Å². The van der Waals surface area contributed by atoms with Gasteiger partial charge in [-0.15, -0.1) is 0 Å². The van der Waals surface area contributed by atoms with Gasteiger partial charge in [-0.05, 0) is 33.0 Å². The minimum Gasteiger partial charge on any atom is -0.286 e. The van der Waals surface area contributed by atoms with Gasteiger partial charge in [0.25, 0.3) is 10.1 Å². The molecule has 0 radical (unpaired) electrons. The van der Waals surface area contributed by atoms with Crippen molar-refractivity contribution in [3.63, 3.8) is 0 Å². The molecule has 0 saturated carbocycles. The van der Waals surface area contributed by atoms with E-state index in [0.717, 1.165) is 0 Å². The van der Waals surface area contributed by atoms with E-state index in [9.17, 15) is 8.42 Å². The Balaban J connectivity index is 0.000000233. The van der Waals surface area contributed by atoms with Crippen LogP contribution in [0.3, 0.4) is 0 Å². The molecule has 0 fully saturated rings. The Morgan fingerprint density at radius 2 is 1.10 bits per heavy atom. The van der Waals surface area contributed by atoms with Crippen LogP contribution in [0.1, 0.15) is 0 Å². The number of hydrogen-bond donors (Lipinski definition) is 1. The predicted octanol–water partition coefficient (Wildman–Crippen LogP) is 3.99. The molecule has 0 amide bonds. The molecule has 1 aliphatic carbocycles. The summed E-state index contributed by atoms with van der Waals surface area (Å²) in [6, 6.07) is 21.8. The Bertz CT molecular complexity index is 862. The topological polar surface area (TPSA) is 54.4 Å². The first-order chi connectivity index (χ1) is 9.95. The Morgan fingerprint density at radius 1 is 0.714 bits per heavy atom. The predicted molar refractivity (Wildman–Crippen MR) is 85.9 cm³/mol. The van der Waals surface area contributed by atoms with Gasteiger partial charge in [0.05, 0.1) is 6.26 Å². The second-order valence-electron chi connectivity index (χ2n) is 4.99. The van der Waals surface area contributed by atoms with Gasteiger partial charge >= 0.3 is 0 Å². The molecule has 3 aromatic carbocycles. The highest BCUT2D eigenvalue weighted by atomic mass is 32.2. The molecule has 21 heavy (non-hydrogen) atoms. The van der Waals surface area contributed by atoms with Gasteiger partial charge in [0.15, 0.2) is 0 Å². The summed E-state index contributed by atoms with van der Waals surface area (Å²) < 4.78 is 25.9. The van der Waals surface area contributed by atoms with E-state index < -0.39 is 10.1 Å². The van der Waals surface area contributed by atoms with Gasteiger partial charge in [0.2, 0.25) is 0 Å². The summed E-state index contributed by atoms with van der Waals surface area (Å²) in [5.41, 5.74) is 5.50. The average molecular weight is 298 g/mol. The first-order valence-corrected chi connectivity index (χ1v) is 8.34. The van der Waals surface area contributed by atoms with Crippen LogP contribution in [0.4, 0.5) is 0 Å². The maximum atomic E-state index is 9.19. The lowest BCUT2D eigenvalue weighted by molar-refractivity contribution is 0.490. The highest BCUT2D eigenvalue weighted by molar-refractivity contribution is 7.85. The van der Waals surface area contributed by atoms with Crippen LogP contribution in [0.5, 0.6) is 0 Å². The summed E-state index contributed by atoms with van der Waals surface area (Å²) in [5.74, 6) is 0. The van der Waals surface area contributed by atoms with Gasteiger partial charge in [-0.1, -0.05) is 60.7 Å². The van der Waals surface area contributed by atoms with Crippen LogP contribution in [0.25, 0.3) is 33.0 Å². The summed E-state index contributed by atoms with van der Waals surface area (Å²) in [7, 11) is -3.67. The molecule has 0 heterocycles. The quantitative estimate of drug-likeness (QED) is 0.499. The first kappa shape index (κ1) is 13.8. The minimum atomic E-state index is -3.67. The van der Waals surface area contributed by atoms with Gasteiger partial charge in [-0.25, -0.2) is 0 Å². The molecule has 3 aromatic rings. The van der Waals surface area contributed by atoms with Crippen molar-refractivity contribution in [1.29, 1.82) is 0 Å². The van der Waals surface area contributed by atoms with E-state index in [1.54, 1.807) is 0 Å². The second-order valence-corrected chi connectivity index (χ2v) is 6.45. The van der Waals surface area contributed by atoms with Crippen molar-refractivity contribution in [2.24, 2.45) is 0 Å². The third-order valence-corrected chi connectivity index (χ3v) is 3.41. The molecule has 0 aromatic heterocycles. The van der Waals surface area contributed by atoms with Gasteiger partial charge in [0, 0.05) is 0 Å². The molecule has 0 saturated heterocycles. The normalized spacial score (nSPS) is 11.7. The molecular weight excluding hydrogens is 284 g/mol. The Morgan fingerprint density at radius 3 is 1.52 bits per heavy atom. The van der Waals surface area contributed by atoms with Crippen molar-refractivity contribution in [2.75, 3.05) is 6.26 Å². The monoisotopic (exact) mass is 298 g/mol. The molecule has 1 N–H and O–H groups in total. The lowest BCUT2D eigenvalue weighted by atomic mass is 10.0. The van der Waals surface area contributed by atoms with Crippen LogP contribution < -0.4 is 0 Å². The van der Waals surface area contributed by atoms with Gasteiger partial charge < -0.3 is 0 Å². The fraction of sp³-hybridized carbons (Fsp3) is 0.0588. The van der Waals surface area contributed by atoms with Crippen molar-refractivity contribution < 1.29 is 13.0 Å². The summed E-state index contributed by atoms with van der Waals surface area (Å²) >= 11 is 0. The van der Waals surface area contributed by atoms with E-state index in [4.69, 9.17) is 4.55 Å². The molecule has 1 aliphatic rings. The fourth-order valence-electron chi connectivity index (χ4n) is 2.74. The Labute approximate surface area is 123 Å². The van der Waals surface area contributed by atoms with E-state index in [0.29, 0.717) is 6.26 Å². The average Bonchev–Trinajstić information content (AvgIpc) is 2.75. The summed E-state index contributed by atoms with van der Waals surface area (Å²) in [4.78, 5) is 0. The smallest absolute Gasteiger partial charge is 0.261 e. The maximum absolute atomic E-state index is 9.19. The van der Waals surface area contributed by atoms with Crippen LogP contribution in [0.15, 0.2) is 60.7 Å². The second kappa shape index (κ2) is 4.98. The van der Waals surface area contributed by atoms with Gasteiger partial charge in [0.1, 0.15) is 0 Å². The number of benzene rings is 3. The molecular formula is C17H14O3S. The SMILES string of the molecule is CS(=O)(=O)O.c1ccc2c(c1)-c1cccc3cccc-2c13. The standard InChI is InChI=1S/C16H10.CH4O3S/c1-2-8-13-12(7-1)14-9-3-5-11-6-4-10-15(13)16(11)14;1-5(2,3)4/h1-10H;1H3,(H,2,3,4). The van der Waals surface area contributed by atoms with Crippen LogP contribution >= 0.6 is 0 Å². The fourth-order valence-corrected chi connectivity index (χ4v) is 2.74. The highest BCUT2D eigenvalue weighted by Crippen LogP contribution is 2.46. The third-order valence-electron chi connectivity index (χ3n) is 3.41. The largest absolute Gasteiger partial charge is 0.286 e. The van der Waals surface area contributed by atoms with Crippen LogP contribution in [0, 0.1) is 0 Å². The molecule has 0 aliphatic heterocycles. The summed E-state index contributed by atoms with van der Waals surface area (Å²) in [5, 5.41) is 2.75. The number of fused-ring (bicyclic) bond motifs is 3. The lowest BCUT2D eigenvalue weighted by Crippen LogP contribution is -1.88. The van der Waals surface area contributed by atoms with E-state index >= 15 is 0 Å². The van der Waals surface area contributed by atoms with E-state index in [2.05, 4.69) is 60.7 Å². The molecule has 0 spiro atoms. The van der Waals surface area contributed by atoms with Crippen LogP contribution in [0.2, 0.25) is 0 Å². The molecule has 3 nitrogen and oxygen atoms in total. The molecule has 0 unspecified atom stereocenters. The van der Waals surface area contributed by atoms with E-state index in [-0.39, 0.29) is 0 Å².